The molecule has 1 aromatic carbocycles. The molecule has 0 saturated heterocycles. The molecule has 0 spiro atoms. The molecule has 0 aliphatic rings. The Bertz CT molecular complexity index is 393. The van der Waals surface area contributed by atoms with E-state index in [-0.39, 0.29) is 0 Å². The van der Waals surface area contributed by atoms with Crippen LogP contribution in [0.15, 0.2) is 6.07 Å². The molecule has 0 amide bonds. The second-order valence-electron chi connectivity index (χ2n) is 2.52. The van der Waals surface area contributed by atoms with Gasteiger partial charge in [0.1, 0.15) is 5.82 Å². The molecule has 0 saturated carbocycles. The van der Waals surface area contributed by atoms with Gasteiger partial charge in [-0.2, -0.15) is 0 Å². The van der Waals surface area contributed by atoms with Crippen LogP contribution < -0.4 is 0 Å². The fourth-order valence-electron chi connectivity index (χ4n) is 0.917. The number of halogens is 4. The van der Waals surface area contributed by atoms with Crippen LogP contribution >= 0.6 is 11.6 Å². The van der Waals surface area contributed by atoms with Crippen LogP contribution in [0.5, 0.6) is 0 Å². The Balaban J connectivity index is 3.29. The zero-order valence-corrected chi connectivity index (χ0v) is 7.41. The van der Waals surface area contributed by atoms with Crippen LogP contribution in [0.25, 0.3) is 0 Å². The summed E-state index contributed by atoms with van der Waals surface area (Å²) < 4.78 is 38.6. The first-order valence-electron chi connectivity index (χ1n) is 3.47. The number of carboxylic acids is 1. The summed E-state index contributed by atoms with van der Waals surface area (Å²) in [5.74, 6) is -5.62. The standard InChI is InChI=1S/C8H4ClF3O2/c9-4-2-5(10)3(1-6(13)14)7(11)8(4)12/h2H,1H2,(H,13,14). The number of hydrogen-bond acceptors (Lipinski definition) is 1. The van der Waals surface area contributed by atoms with Gasteiger partial charge in [0.05, 0.1) is 11.4 Å². The van der Waals surface area contributed by atoms with Crippen LogP contribution in [0.1, 0.15) is 5.56 Å². The molecule has 0 aliphatic carbocycles. The quantitative estimate of drug-likeness (QED) is 0.619. The minimum atomic E-state index is -1.56. The lowest BCUT2D eigenvalue weighted by Gasteiger charge is -2.04. The third-order valence-corrected chi connectivity index (χ3v) is 1.81. The summed E-state index contributed by atoms with van der Waals surface area (Å²) in [6.07, 6.45) is -0.925. The number of carbonyl (C=O) groups is 1. The Kier molecular flexibility index (Phi) is 3.00. The van der Waals surface area contributed by atoms with E-state index < -0.39 is 40.4 Å². The molecule has 1 aromatic rings. The van der Waals surface area contributed by atoms with Gasteiger partial charge in [0, 0.05) is 5.56 Å². The number of carboxylic acid groups (broad SMARTS) is 1. The molecule has 1 rings (SSSR count). The largest absolute Gasteiger partial charge is 0.481 e. The van der Waals surface area contributed by atoms with Crippen LogP contribution in [-0.4, -0.2) is 11.1 Å². The van der Waals surface area contributed by atoms with E-state index in [1.165, 1.54) is 0 Å². The van der Waals surface area contributed by atoms with Gasteiger partial charge in [0.15, 0.2) is 11.6 Å². The summed E-state index contributed by atoms with van der Waals surface area (Å²) in [5, 5.41) is 7.57. The first-order chi connectivity index (χ1) is 6.43. The maximum Gasteiger partial charge on any atom is 0.308 e. The molecule has 1 N–H and O–H groups in total. The zero-order valence-electron chi connectivity index (χ0n) is 6.65. The van der Waals surface area contributed by atoms with Crippen molar-refractivity contribution in [1.29, 1.82) is 0 Å². The predicted molar refractivity (Wildman–Crippen MR) is 42.7 cm³/mol. The maximum absolute atomic E-state index is 12.9. The maximum atomic E-state index is 12.9. The molecule has 0 unspecified atom stereocenters. The normalized spacial score (nSPS) is 10.3. The van der Waals surface area contributed by atoms with Gasteiger partial charge in [-0.3, -0.25) is 4.79 Å². The van der Waals surface area contributed by atoms with E-state index in [0.29, 0.717) is 6.07 Å². The van der Waals surface area contributed by atoms with Gasteiger partial charge in [-0.05, 0) is 6.07 Å². The third-order valence-electron chi connectivity index (χ3n) is 1.54. The molecule has 0 aromatic heterocycles. The second kappa shape index (κ2) is 3.88. The van der Waals surface area contributed by atoms with E-state index in [9.17, 15) is 18.0 Å². The SMILES string of the molecule is O=C(O)Cc1c(F)cc(Cl)c(F)c1F. The highest BCUT2D eigenvalue weighted by atomic mass is 35.5. The molecule has 2 nitrogen and oxygen atoms in total. The Morgan fingerprint density at radius 3 is 2.43 bits per heavy atom. The monoisotopic (exact) mass is 224 g/mol. The molecular formula is C8H4ClF3O2. The Morgan fingerprint density at radius 2 is 1.93 bits per heavy atom. The van der Waals surface area contributed by atoms with Crippen molar-refractivity contribution >= 4 is 17.6 Å². The highest BCUT2D eigenvalue weighted by molar-refractivity contribution is 6.30. The Hall–Kier alpha value is -1.23. The zero-order chi connectivity index (χ0) is 10.9. The van der Waals surface area contributed by atoms with Crippen molar-refractivity contribution in [3.63, 3.8) is 0 Å². The summed E-state index contributed by atoms with van der Waals surface area (Å²) in [4.78, 5) is 10.2. The second-order valence-corrected chi connectivity index (χ2v) is 2.92. The van der Waals surface area contributed by atoms with Crippen molar-refractivity contribution in [2.24, 2.45) is 0 Å². The molecule has 6 heteroatoms. The van der Waals surface area contributed by atoms with Crippen LogP contribution in [0.2, 0.25) is 5.02 Å². The lowest BCUT2D eigenvalue weighted by Crippen LogP contribution is -2.07. The van der Waals surface area contributed by atoms with Gasteiger partial charge in [-0.15, -0.1) is 0 Å². The van der Waals surface area contributed by atoms with Crippen LogP contribution in [0.4, 0.5) is 13.2 Å². The molecule has 0 bridgehead atoms. The van der Waals surface area contributed by atoms with Gasteiger partial charge >= 0.3 is 5.97 Å². The lowest BCUT2D eigenvalue weighted by atomic mass is 10.1. The fraction of sp³-hybridized carbons (Fsp3) is 0.125. The summed E-state index contributed by atoms with van der Waals surface area (Å²) in [6, 6.07) is 0.540. The topological polar surface area (TPSA) is 37.3 Å². The van der Waals surface area contributed by atoms with E-state index in [1.54, 1.807) is 0 Å². The number of aliphatic carboxylic acids is 1. The van der Waals surface area contributed by atoms with Crippen LogP contribution in [0, 0.1) is 17.5 Å². The molecule has 0 radical (unpaired) electrons. The van der Waals surface area contributed by atoms with Gasteiger partial charge in [-0.25, -0.2) is 13.2 Å². The molecule has 76 valence electrons. The lowest BCUT2D eigenvalue weighted by molar-refractivity contribution is -0.136. The van der Waals surface area contributed by atoms with E-state index in [1.807, 2.05) is 0 Å². The molecule has 0 fully saturated rings. The first kappa shape index (κ1) is 10.8. The van der Waals surface area contributed by atoms with E-state index in [4.69, 9.17) is 16.7 Å². The number of rotatable bonds is 2. The average molecular weight is 225 g/mol. The van der Waals surface area contributed by atoms with Crippen molar-refractivity contribution in [3.05, 3.63) is 34.1 Å². The number of hydrogen-bond donors (Lipinski definition) is 1. The van der Waals surface area contributed by atoms with Gasteiger partial charge in [0.2, 0.25) is 0 Å². The highest BCUT2D eigenvalue weighted by Crippen LogP contribution is 2.23. The molecule has 0 heterocycles. The predicted octanol–water partition coefficient (Wildman–Crippen LogP) is 2.38. The first-order valence-corrected chi connectivity index (χ1v) is 3.85. The highest BCUT2D eigenvalue weighted by Gasteiger charge is 2.19. The third kappa shape index (κ3) is 1.98. The molecule has 0 atom stereocenters. The summed E-state index contributed by atoms with van der Waals surface area (Å²) in [6.45, 7) is 0. The molecular weight excluding hydrogens is 221 g/mol. The van der Waals surface area contributed by atoms with E-state index >= 15 is 0 Å². The Morgan fingerprint density at radius 1 is 1.36 bits per heavy atom. The molecule has 14 heavy (non-hydrogen) atoms. The fourth-order valence-corrected chi connectivity index (χ4v) is 1.10. The minimum absolute atomic E-state index is 0.540. The summed E-state index contributed by atoms with van der Waals surface area (Å²) >= 11 is 5.13. The molecule has 0 aliphatic heterocycles. The van der Waals surface area contributed by atoms with Crippen molar-refractivity contribution in [3.8, 4) is 0 Å². The van der Waals surface area contributed by atoms with Crippen molar-refractivity contribution in [1.82, 2.24) is 0 Å². The van der Waals surface area contributed by atoms with Crippen LogP contribution in [-0.2, 0) is 11.2 Å². The van der Waals surface area contributed by atoms with E-state index in [0.717, 1.165) is 0 Å². The van der Waals surface area contributed by atoms with E-state index in [2.05, 4.69) is 0 Å². The van der Waals surface area contributed by atoms with Crippen molar-refractivity contribution < 1.29 is 23.1 Å². The minimum Gasteiger partial charge on any atom is -0.481 e. The summed E-state index contributed by atoms with van der Waals surface area (Å²) in [7, 11) is 0. The van der Waals surface area contributed by atoms with Gasteiger partial charge < -0.3 is 5.11 Å². The van der Waals surface area contributed by atoms with Crippen molar-refractivity contribution in [2.75, 3.05) is 0 Å². The van der Waals surface area contributed by atoms with Crippen LogP contribution in [0.3, 0.4) is 0 Å². The summed E-state index contributed by atoms with van der Waals surface area (Å²) in [5.41, 5.74) is -0.834. The van der Waals surface area contributed by atoms with Gasteiger partial charge in [-0.1, -0.05) is 11.6 Å². The smallest absolute Gasteiger partial charge is 0.308 e. The van der Waals surface area contributed by atoms with Crippen molar-refractivity contribution in [2.45, 2.75) is 6.42 Å². The van der Waals surface area contributed by atoms with Gasteiger partial charge in [0.25, 0.3) is 0 Å². The number of benzene rings is 1. The Labute approximate surface area is 81.9 Å². The average Bonchev–Trinajstić information content (AvgIpc) is 2.09.